The monoisotopic (exact) mass is 725 g/mol. The molecular weight excluding hydrogens is 698 g/mol. The number of carbonyl (C=O) groups excluding carboxylic acids is 1. The van der Waals surface area contributed by atoms with Crippen LogP contribution in [0.1, 0.15) is 50.4 Å². The van der Waals surface area contributed by atoms with Gasteiger partial charge in [0.1, 0.15) is 18.4 Å². The Morgan fingerprint density at radius 1 is 1.20 bits per heavy atom. The molecule has 5 rings (SSSR count). The molecule has 0 N–H and O–H groups in total. The molecule has 0 saturated heterocycles. The molecule has 0 bridgehead atoms. The zero-order valence-corrected chi connectivity index (χ0v) is 28.4. The lowest BCUT2D eigenvalue weighted by atomic mass is 9.95. The van der Waals surface area contributed by atoms with Gasteiger partial charge < -0.3 is 14.2 Å². The first-order valence-corrected chi connectivity index (χ1v) is 16.3. The number of esters is 1. The van der Waals surface area contributed by atoms with E-state index < -0.39 is 22.5 Å². The number of benzene rings is 3. The van der Waals surface area contributed by atoms with Crippen LogP contribution in [0.4, 0.5) is 5.69 Å². The van der Waals surface area contributed by atoms with Crippen molar-refractivity contribution in [2.75, 3.05) is 6.61 Å². The first kappa shape index (κ1) is 33.1. The maximum Gasteiger partial charge on any atom is 0.338 e. The van der Waals surface area contributed by atoms with Gasteiger partial charge in [0.15, 0.2) is 4.80 Å². The molecule has 0 unspecified atom stereocenters. The summed E-state index contributed by atoms with van der Waals surface area (Å²) in [6.07, 6.45) is 1.38. The summed E-state index contributed by atoms with van der Waals surface area (Å²) in [6.45, 7) is 7.34. The summed E-state index contributed by atoms with van der Waals surface area (Å²) in [5.41, 5.74) is 1.56. The quantitative estimate of drug-likeness (QED) is 0.104. The van der Waals surface area contributed by atoms with Gasteiger partial charge >= 0.3 is 11.7 Å². The average Bonchev–Trinajstić information content (AvgIpc) is 3.30. The number of rotatable bonds is 10. The molecule has 1 aromatic heterocycles. The van der Waals surface area contributed by atoms with Crippen LogP contribution in [-0.4, -0.2) is 28.2 Å². The summed E-state index contributed by atoms with van der Waals surface area (Å²) in [4.78, 5) is 43.9. The van der Waals surface area contributed by atoms with Crippen molar-refractivity contribution in [1.29, 1.82) is 0 Å². The van der Waals surface area contributed by atoms with Gasteiger partial charge in [-0.05, 0) is 73.5 Å². The Morgan fingerprint density at radius 2 is 1.91 bits per heavy atom. The highest BCUT2D eigenvalue weighted by Gasteiger charge is 2.35. The van der Waals surface area contributed by atoms with Crippen LogP contribution in [-0.2, 0) is 16.1 Å². The lowest BCUT2D eigenvalue weighted by Gasteiger charge is -2.26. The number of halogens is 2. The van der Waals surface area contributed by atoms with Gasteiger partial charge in [-0.25, -0.2) is 9.79 Å². The van der Waals surface area contributed by atoms with Crippen molar-refractivity contribution >= 4 is 56.6 Å². The van der Waals surface area contributed by atoms with E-state index in [9.17, 15) is 19.7 Å². The van der Waals surface area contributed by atoms with Gasteiger partial charge in [-0.1, -0.05) is 59.3 Å². The van der Waals surface area contributed by atoms with Crippen LogP contribution in [0.25, 0.3) is 6.08 Å². The molecule has 46 heavy (non-hydrogen) atoms. The zero-order chi connectivity index (χ0) is 33.1. The van der Waals surface area contributed by atoms with E-state index in [1.165, 1.54) is 10.6 Å². The summed E-state index contributed by atoms with van der Waals surface area (Å²) >= 11 is 10.8. The van der Waals surface area contributed by atoms with Crippen molar-refractivity contribution in [2.45, 2.75) is 46.4 Å². The van der Waals surface area contributed by atoms with Gasteiger partial charge in [-0.3, -0.25) is 19.5 Å². The number of nitro groups is 1. The molecule has 238 valence electrons. The number of ether oxygens (including phenoxy) is 3. The fourth-order valence-electron chi connectivity index (χ4n) is 5.03. The number of para-hydroxylation sites is 1. The third-order valence-corrected chi connectivity index (χ3v) is 8.90. The lowest BCUT2D eigenvalue weighted by Crippen LogP contribution is -2.40. The number of aromatic nitrogens is 1. The maximum atomic E-state index is 14.1. The van der Waals surface area contributed by atoms with Gasteiger partial charge in [0.2, 0.25) is 5.75 Å². The predicted octanol–water partition coefficient (Wildman–Crippen LogP) is 6.49. The van der Waals surface area contributed by atoms with Crippen LogP contribution in [0.5, 0.6) is 11.5 Å². The van der Waals surface area contributed by atoms with E-state index in [0.29, 0.717) is 42.4 Å². The van der Waals surface area contributed by atoms with Crippen LogP contribution < -0.4 is 24.4 Å². The number of hydrogen-bond donors (Lipinski definition) is 0. The molecule has 3 aromatic carbocycles. The summed E-state index contributed by atoms with van der Waals surface area (Å²) < 4.78 is 19.3. The Kier molecular flexibility index (Phi) is 10.1. The fourth-order valence-corrected chi connectivity index (χ4v) is 6.85. The Labute approximate surface area is 281 Å². The van der Waals surface area contributed by atoms with E-state index in [4.69, 9.17) is 25.8 Å². The smallest absolute Gasteiger partial charge is 0.338 e. The number of hydrogen-bond acceptors (Lipinski definition) is 9. The molecule has 4 aromatic rings. The first-order chi connectivity index (χ1) is 22.0. The summed E-state index contributed by atoms with van der Waals surface area (Å²) in [5, 5.41) is 12.6. The van der Waals surface area contributed by atoms with Crippen LogP contribution in [0.3, 0.4) is 0 Å². The van der Waals surface area contributed by atoms with E-state index in [0.717, 1.165) is 11.3 Å². The van der Waals surface area contributed by atoms with Crippen molar-refractivity contribution in [3.05, 3.63) is 128 Å². The molecule has 0 aliphatic carbocycles. The number of carbonyl (C=O) groups is 1. The third kappa shape index (κ3) is 6.79. The molecule has 2 heterocycles. The van der Waals surface area contributed by atoms with E-state index in [-0.39, 0.29) is 40.9 Å². The highest BCUT2D eigenvalue weighted by Crippen LogP contribution is 2.38. The normalized spacial score (nSPS) is 14.6. The van der Waals surface area contributed by atoms with Crippen LogP contribution >= 0.6 is 38.9 Å². The van der Waals surface area contributed by atoms with Gasteiger partial charge in [0.05, 0.1) is 37.9 Å². The molecule has 0 fully saturated rings. The van der Waals surface area contributed by atoms with Crippen molar-refractivity contribution < 1.29 is 23.9 Å². The number of nitro benzene ring substituents is 1. The second-order valence-corrected chi connectivity index (χ2v) is 12.8. The van der Waals surface area contributed by atoms with E-state index in [2.05, 4.69) is 20.9 Å². The van der Waals surface area contributed by atoms with E-state index in [1.54, 1.807) is 62.4 Å². The highest BCUT2D eigenvalue weighted by molar-refractivity contribution is 9.10. The Morgan fingerprint density at radius 3 is 2.61 bits per heavy atom. The minimum atomic E-state index is -0.881. The Balaban J connectivity index is 1.64. The zero-order valence-electron chi connectivity index (χ0n) is 25.3. The van der Waals surface area contributed by atoms with Gasteiger partial charge in [-0.2, -0.15) is 0 Å². The molecule has 1 atom stereocenters. The molecule has 0 radical (unpaired) electrons. The summed E-state index contributed by atoms with van der Waals surface area (Å²) in [5.74, 6) is -0.0465. The molecule has 0 amide bonds. The second kappa shape index (κ2) is 14.0. The number of thiazole rings is 1. The van der Waals surface area contributed by atoms with E-state index in [1.807, 2.05) is 26.0 Å². The fraction of sp³-hybridized carbons (Fsp3) is 0.242. The molecule has 1 aliphatic heterocycles. The van der Waals surface area contributed by atoms with Crippen molar-refractivity contribution in [1.82, 2.24) is 4.57 Å². The van der Waals surface area contributed by atoms with Crippen molar-refractivity contribution in [3.63, 3.8) is 0 Å². The van der Waals surface area contributed by atoms with Gasteiger partial charge in [0.25, 0.3) is 5.56 Å². The van der Waals surface area contributed by atoms with Crippen LogP contribution in [0.15, 0.2) is 86.2 Å². The Bertz CT molecular complexity index is 2050. The number of nitrogens with zero attached hydrogens (tertiary/aromatic N) is 3. The first-order valence-electron chi connectivity index (χ1n) is 14.3. The number of fused-ring (bicyclic) bond motifs is 1. The van der Waals surface area contributed by atoms with Crippen molar-refractivity contribution in [2.24, 2.45) is 4.99 Å². The SMILES string of the molecule is CCOC(=O)C1=C(C)N=c2s/c(=C\c3cc(Br)c(OCc4ccccc4Cl)c([N+](=O)[O-])c3)c(=O)n2[C@H]1c1ccccc1OC(C)C. The molecular formula is C33H29BrClN3O7S. The largest absolute Gasteiger partial charge is 0.491 e. The summed E-state index contributed by atoms with van der Waals surface area (Å²) in [7, 11) is 0. The van der Waals surface area contributed by atoms with Gasteiger partial charge in [0, 0.05) is 22.2 Å². The lowest BCUT2D eigenvalue weighted by molar-refractivity contribution is -0.386. The standard InChI is InChI=1S/C33H29BrClN3O7S/c1-5-43-32(40)28-19(4)36-33-37(29(28)22-11-7-9-13-26(22)45-18(2)3)31(39)27(46-33)16-20-14-23(34)30(25(15-20)38(41)42)44-17-21-10-6-8-12-24(21)35/h6-16,18,29H,5,17H2,1-4H3/b27-16-/t29-/m0/s1. The molecule has 10 nitrogen and oxygen atoms in total. The van der Waals surface area contributed by atoms with E-state index >= 15 is 0 Å². The third-order valence-electron chi connectivity index (χ3n) is 6.96. The Hall–Kier alpha value is -4.26. The molecule has 13 heteroatoms. The maximum absolute atomic E-state index is 14.1. The molecule has 0 spiro atoms. The van der Waals surface area contributed by atoms with Crippen LogP contribution in [0.2, 0.25) is 5.02 Å². The average molecular weight is 727 g/mol. The summed E-state index contributed by atoms with van der Waals surface area (Å²) in [6, 6.07) is 16.4. The topological polar surface area (TPSA) is 122 Å². The molecule has 1 aliphatic rings. The second-order valence-electron chi connectivity index (χ2n) is 10.5. The molecule has 0 saturated carbocycles. The minimum absolute atomic E-state index is 0.0151. The number of allylic oxidation sites excluding steroid dienone is 1. The van der Waals surface area contributed by atoms with Crippen molar-refractivity contribution in [3.8, 4) is 11.5 Å². The minimum Gasteiger partial charge on any atom is -0.491 e. The predicted molar refractivity (Wildman–Crippen MR) is 179 cm³/mol. The van der Waals surface area contributed by atoms with Gasteiger partial charge in [-0.15, -0.1) is 0 Å². The van der Waals surface area contributed by atoms with Crippen LogP contribution in [0, 0.1) is 10.1 Å². The highest BCUT2D eigenvalue weighted by atomic mass is 79.9.